The fourth-order valence-corrected chi connectivity index (χ4v) is 3.36. The molecule has 0 aliphatic heterocycles. The maximum absolute atomic E-state index is 12.2. The van der Waals surface area contributed by atoms with Crippen LogP contribution in [0.2, 0.25) is 0 Å². The first-order valence-electron chi connectivity index (χ1n) is 8.34. The van der Waals surface area contributed by atoms with Gasteiger partial charge < -0.3 is 14.8 Å². The van der Waals surface area contributed by atoms with Crippen LogP contribution in [0.1, 0.15) is 18.9 Å². The first-order valence-corrected chi connectivity index (χ1v) is 9.22. The highest BCUT2D eigenvalue weighted by Crippen LogP contribution is 2.33. The van der Waals surface area contributed by atoms with Gasteiger partial charge in [0.05, 0.1) is 19.5 Å². The van der Waals surface area contributed by atoms with Crippen LogP contribution in [0, 0.1) is 0 Å². The second-order valence-corrected chi connectivity index (χ2v) is 7.07. The van der Waals surface area contributed by atoms with E-state index in [1.807, 2.05) is 43.3 Å². The van der Waals surface area contributed by atoms with Gasteiger partial charge in [0.25, 0.3) is 0 Å². The molecule has 0 radical (unpaired) electrons. The molecule has 0 saturated carbocycles. The zero-order chi connectivity index (χ0) is 18.1. The third kappa shape index (κ3) is 6.02. The number of thioether (sulfide) groups is 1. The van der Waals surface area contributed by atoms with Crippen molar-refractivity contribution in [3.63, 3.8) is 0 Å². The molecule has 0 unspecified atom stereocenters. The van der Waals surface area contributed by atoms with E-state index in [0.29, 0.717) is 18.0 Å². The molecule has 0 spiro atoms. The Morgan fingerprint density at radius 1 is 1.08 bits per heavy atom. The smallest absolute Gasteiger partial charge is 0.233 e. The molecule has 0 aromatic heterocycles. The van der Waals surface area contributed by atoms with E-state index in [1.54, 1.807) is 14.2 Å². The van der Waals surface area contributed by atoms with Crippen molar-refractivity contribution >= 4 is 17.7 Å². The standard InChI is InChI=1S/C20H25NO3S/c1-15(25-17-11-12-18(23-2)19(14-17)24-3)20(22)21-13-7-10-16-8-5-4-6-9-16/h4-6,8-9,11-12,14-15H,7,10,13H2,1-3H3,(H,21,22)/t15-/m1/s1. The third-order valence-electron chi connectivity index (χ3n) is 3.82. The molecule has 0 aliphatic carbocycles. The average molecular weight is 359 g/mol. The Hall–Kier alpha value is -2.14. The van der Waals surface area contributed by atoms with Crippen molar-refractivity contribution in [2.24, 2.45) is 0 Å². The van der Waals surface area contributed by atoms with Gasteiger partial charge in [0, 0.05) is 11.4 Å². The van der Waals surface area contributed by atoms with Crippen molar-refractivity contribution in [2.75, 3.05) is 20.8 Å². The van der Waals surface area contributed by atoms with Gasteiger partial charge in [-0.25, -0.2) is 0 Å². The molecular formula is C20H25NO3S. The summed E-state index contributed by atoms with van der Waals surface area (Å²) >= 11 is 1.51. The number of hydrogen-bond donors (Lipinski definition) is 1. The quantitative estimate of drug-likeness (QED) is 0.544. The minimum atomic E-state index is -0.171. The summed E-state index contributed by atoms with van der Waals surface area (Å²) in [5.74, 6) is 1.40. The summed E-state index contributed by atoms with van der Waals surface area (Å²) in [6.07, 6.45) is 1.90. The molecule has 0 saturated heterocycles. The topological polar surface area (TPSA) is 47.6 Å². The normalized spacial score (nSPS) is 11.6. The lowest BCUT2D eigenvalue weighted by molar-refractivity contribution is -0.120. The molecule has 1 amide bonds. The van der Waals surface area contributed by atoms with E-state index in [-0.39, 0.29) is 11.2 Å². The number of nitrogens with one attached hydrogen (secondary N) is 1. The Morgan fingerprint density at radius 2 is 1.80 bits per heavy atom. The Kier molecular flexibility index (Phi) is 7.67. The largest absolute Gasteiger partial charge is 0.493 e. The van der Waals surface area contributed by atoms with E-state index in [2.05, 4.69) is 17.4 Å². The fourth-order valence-electron chi connectivity index (χ4n) is 2.44. The van der Waals surface area contributed by atoms with Crippen molar-refractivity contribution in [1.82, 2.24) is 5.32 Å². The van der Waals surface area contributed by atoms with Crippen molar-refractivity contribution in [1.29, 1.82) is 0 Å². The van der Waals surface area contributed by atoms with Gasteiger partial charge in [0.2, 0.25) is 5.91 Å². The summed E-state index contributed by atoms with van der Waals surface area (Å²) < 4.78 is 10.5. The number of ether oxygens (including phenoxy) is 2. The average Bonchev–Trinajstić information content (AvgIpc) is 2.65. The molecule has 2 aromatic carbocycles. The number of rotatable bonds is 9. The van der Waals surface area contributed by atoms with Crippen LogP contribution in [0.25, 0.3) is 0 Å². The minimum Gasteiger partial charge on any atom is -0.493 e. The van der Waals surface area contributed by atoms with Crippen LogP contribution in [0.5, 0.6) is 11.5 Å². The van der Waals surface area contributed by atoms with Crippen LogP contribution in [0.3, 0.4) is 0 Å². The number of amides is 1. The maximum Gasteiger partial charge on any atom is 0.233 e. The van der Waals surface area contributed by atoms with Crippen LogP contribution in [-0.4, -0.2) is 31.9 Å². The molecule has 0 heterocycles. The lowest BCUT2D eigenvalue weighted by Crippen LogP contribution is -2.31. The van der Waals surface area contributed by atoms with Gasteiger partial charge in [-0.15, -0.1) is 11.8 Å². The van der Waals surface area contributed by atoms with Crippen molar-refractivity contribution in [3.8, 4) is 11.5 Å². The van der Waals surface area contributed by atoms with Crippen molar-refractivity contribution in [3.05, 3.63) is 54.1 Å². The number of carbonyl (C=O) groups is 1. The highest BCUT2D eigenvalue weighted by atomic mass is 32.2. The number of benzene rings is 2. The highest BCUT2D eigenvalue weighted by Gasteiger charge is 2.15. The van der Waals surface area contributed by atoms with Gasteiger partial charge in [-0.1, -0.05) is 30.3 Å². The van der Waals surface area contributed by atoms with Crippen molar-refractivity contribution in [2.45, 2.75) is 29.9 Å². The summed E-state index contributed by atoms with van der Waals surface area (Å²) in [7, 11) is 3.21. The van der Waals surface area contributed by atoms with Gasteiger partial charge in [-0.2, -0.15) is 0 Å². The molecule has 2 aromatic rings. The van der Waals surface area contributed by atoms with E-state index >= 15 is 0 Å². The second kappa shape index (κ2) is 9.99. The Balaban J connectivity index is 1.78. The van der Waals surface area contributed by atoms with Gasteiger partial charge in [-0.3, -0.25) is 4.79 Å². The molecule has 0 bridgehead atoms. The monoisotopic (exact) mass is 359 g/mol. The molecule has 2 rings (SSSR count). The molecule has 1 atom stereocenters. The van der Waals surface area contributed by atoms with Gasteiger partial charge in [-0.05, 0) is 43.5 Å². The van der Waals surface area contributed by atoms with Crippen LogP contribution < -0.4 is 14.8 Å². The van der Waals surface area contributed by atoms with E-state index in [0.717, 1.165) is 17.7 Å². The zero-order valence-corrected chi connectivity index (χ0v) is 15.8. The molecule has 25 heavy (non-hydrogen) atoms. The summed E-state index contributed by atoms with van der Waals surface area (Å²) in [5.41, 5.74) is 1.30. The van der Waals surface area contributed by atoms with Crippen molar-refractivity contribution < 1.29 is 14.3 Å². The Bertz CT molecular complexity index is 676. The second-order valence-electron chi connectivity index (χ2n) is 5.66. The lowest BCUT2D eigenvalue weighted by Gasteiger charge is -2.14. The van der Waals surface area contributed by atoms with Crippen LogP contribution in [-0.2, 0) is 11.2 Å². The Labute approximate surface area is 153 Å². The van der Waals surface area contributed by atoms with E-state index in [1.165, 1.54) is 17.3 Å². The predicted octanol–water partition coefficient (Wildman–Crippen LogP) is 3.93. The highest BCUT2D eigenvalue weighted by molar-refractivity contribution is 8.00. The number of hydrogen-bond acceptors (Lipinski definition) is 4. The zero-order valence-electron chi connectivity index (χ0n) is 15.0. The first kappa shape index (κ1) is 19.2. The Morgan fingerprint density at radius 3 is 2.48 bits per heavy atom. The molecule has 0 fully saturated rings. The third-order valence-corrected chi connectivity index (χ3v) is 4.92. The molecule has 1 N–H and O–H groups in total. The maximum atomic E-state index is 12.2. The minimum absolute atomic E-state index is 0.0489. The predicted molar refractivity (Wildman–Crippen MR) is 103 cm³/mol. The number of methoxy groups -OCH3 is 2. The first-order chi connectivity index (χ1) is 12.1. The van der Waals surface area contributed by atoms with Crippen LogP contribution in [0.15, 0.2) is 53.4 Å². The summed E-state index contributed by atoms with van der Waals surface area (Å²) in [6, 6.07) is 16.0. The molecule has 0 aliphatic rings. The molecule has 5 heteroatoms. The molecular weight excluding hydrogens is 334 g/mol. The van der Waals surface area contributed by atoms with E-state index in [4.69, 9.17) is 9.47 Å². The van der Waals surface area contributed by atoms with Gasteiger partial charge in [0.1, 0.15) is 0 Å². The molecule has 134 valence electrons. The van der Waals surface area contributed by atoms with E-state index in [9.17, 15) is 4.79 Å². The molecule has 4 nitrogen and oxygen atoms in total. The summed E-state index contributed by atoms with van der Waals surface area (Å²) in [6.45, 7) is 2.60. The fraction of sp³-hybridized carbons (Fsp3) is 0.350. The lowest BCUT2D eigenvalue weighted by atomic mass is 10.1. The SMILES string of the molecule is COc1ccc(S[C@H](C)C(=O)NCCCc2ccccc2)cc1OC. The summed E-state index contributed by atoms with van der Waals surface area (Å²) in [4.78, 5) is 13.2. The van der Waals surface area contributed by atoms with E-state index < -0.39 is 0 Å². The summed E-state index contributed by atoms with van der Waals surface area (Å²) in [5, 5.41) is 2.84. The van der Waals surface area contributed by atoms with Crippen LogP contribution >= 0.6 is 11.8 Å². The van der Waals surface area contributed by atoms with Gasteiger partial charge in [0.15, 0.2) is 11.5 Å². The van der Waals surface area contributed by atoms with Gasteiger partial charge >= 0.3 is 0 Å². The number of aryl methyl sites for hydroxylation is 1. The van der Waals surface area contributed by atoms with Crippen LogP contribution in [0.4, 0.5) is 0 Å². The number of carbonyl (C=O) groups excluding carboxylic acids is 1.